The van der Waals surface area contributed by atoms with Gasteiger partial charge in [0.25, 0.3) is 0 Å². The van der Waals surface area contributed by atoms with Gasteiger partial charge in [-0.15, -0.1) is 0 Å². The molecule has 0 aromatic rings. The van der Waals surface area contributed by atoms with Crippen molar-refractivity contribution in [1.29, 1.82) is 0 Å². The molecule has 0 rings (SSSR count). The average molecular weight is 310 g/mol. The van der Waals surface area contributed by atoms with Gasteiger partial charge in [-0.3, -0.25) is 4.79 Å². The number of hydrogen-bond donors (Lipinski definition) is 3. The van der Waals surface area contributed by atoms with Crippen LogP contribution >= 0.6 is 7.72 Å². The van der Waals surface area contributed by atoms with Gasteiger partial charge < -0.3 is 14.8 Å². The fraction of sp³-hybridized carbons (Fsp3) is 0.727. The summed E-state index contributed by atoms with van der Waals surface area (Å²) in [7, 11) is -3.52. The predicted molar refractivity (Wildman–Crippen MR) is 71.8 cm³/mol. The molecule has 8 nitrogen and oxygen atoms in total. The highest BCUT2D eigenvalue weighted by Crippen LogP contribution is 2.46. The molecule has 0 heterocycles. The molecule has 0 aliphatic rings. The van der Waals surface area contributed by atoms with Crippen molar-refractivity contribution in [3.05, 3.63) is 0 Å². The van der Waals surface area contributed by atoms with Gasteiger partial charge >= 0.3 is 25.3 Å². The van der Waals surface area contributed by atoms with Crippen molar-refractivity contribution in [2.24, 2.45) is 5.92 Å². The second-order valence-corrected chi connectivity index (χ2v) is 6.87. The lowest BCUT2D eigenvalue weighted by Crippen LogP contribution is -2.32. The van der Waals surface area contributed by atoms with Gasteiger partial charge in [-0.05, 0) is 0 Å². The number of carbonyl (C=O) groups is 3. The number of alkyl carbamates (subject to hydrolysis) is 1. The lowest BCUT2D eigenvalue weighted by Gasteiger charge is -2.15. The Morgan fingerprint density at radius 2 is 1.70 bits per heavy atom. The van der Waals surface area contributed by atoms with Crippen LogP contribution < -0.4 is 5.32 Å². The van der Waals surface area contributed by atoms with E-state index in [4.69, 9.17) is 19.3 Å². The van der Waals surface area contributed by atoms with Crippen LogP contribution in [-0.2, 0) is 19.1 Å². The standard InChI is InChI=1S/C11H20NO7P/c1-7(2)10(14)18-8(3)19-11(15)12-6-5-9(13)20(4,16)17/h7-8,16-17H,5-6H2,1-4H3/p+1. The van der Waals surface area contributed by atoms with Crippen LogP contribution in [0, 0.1) is 5.92 Å². The van der Waals surface area contributed by atoms with E-state index in [0.717, 1.165) is 6.66 Å². The van der Waals surface area contributed by atoms with Gasteiger partial charge in [0, 0.05) is 13.5 Å². The molecule has 0 aliphatic heterocycles. The van der Waals surface area contributed by atoms with Crippen LogP contribution in [0.1, 0.15) is 27.2 Å². The van der Waals surface area contributed by atoms with Crippen LogP contribution in [0.3, 0.4) is 0 Å². The van der Waals surface area contributed by atoms with Crippen molar-refractivity contribution >= 4 is 25.3 Å². The smallest absolute Gasteiger partial charge is 0.410 e. The molecule has 0 spiro atoms. The number of ether oxygens (including phenoxy) is 2. The maximum absolute atomic E-state index is 11.3. The first-order valence-electron chi connectivity index (χ1n) is 6.04. The third kappa shape index (κ3) is 8.04. The predicted octanol–water partition coefficient (Wildman–Crippen LogP) is 0.636. The minimum Gasteiger partial charge on any atom is -0.425 e. The number of carbonyl (C=O) groups excluding carboxylic acids is 3. The second-order valence-electron chi connectivity index (χ2n) is 4.55. The molecule has 0 aromatic heterocycles. The van der Waals surface area contributed by atoms with Gasteiger partial charge in [-0.25, -0.2) is 19.4 Å². The van der Waals surface area contributed by atoms with E-state index in [2.05, 4.69) is 5.32 Å². The molecule has 0 saturated carbocycles. The zero-order valence-electron chi connectivity index (χ0n) is 12.0. The molecule has 0 aromatic carbocycles. The first-order valence-corrected chi connectivity index (χ1v) is 8.18. The van der Waals surface area contributed by atoms with E-state index in [1.165, 1.54) is 6.92 Å². The molecule has 20 heavy (non-hydrogen) atoms. The van der Waals surface area contributed by atoms with Gasteiger partial charge in [-0.2, -0.15) is 0 Å². The summed E-state index contributed by atoms with van der Waals surface area (Å²) >= 11 is 0. The summed E-state index contributed by atoms with van der Waals surface area (Å²) in [5, 5.41) is 2.24. The SMILES string of the molecule is CC(OC(=O)NCCC(=O)[P+](C)(O)O)OC(=O)C(C)C. The lowest BCUT2D eigenvalue weighted by atomic mass is 10.2. The van der Waals surface area contributed by atoms with E-state index < -0.39 is 31.6 Å². The molecule has 116 valence electrons. The number of rotatable bonds is 7. The molecular weight excluding hydrogens is 289 g/mol. The Hall–Kier alpha value is -1.24. The highest BCUT2D eigenvalue weighted by molar-refractivity contribution is 7.80. The molecule has 1 amide bonds. The van der Waals surface area contributed by atoms with Crippen molar-refractivity contribution in [1.82, 2.24) is 5.32 Å². The fourth-order valence-corrected chi connectivity index (χ4v) is 1.53. The van der Waals surface area contributed by atoms with Crippen molar-refractivity contribution in [3.63, 3.8) is 0 Å². The molecule has 3 N–H and O–H groups in total. The molecule has 1 unspecified atom stereocenters. The highest BCUT2D eigenvalue weighted by atomic mass is 31.2. The van der Waals surface area contributed by atoms with Crippen LogP contribution in [0.25, 0.3) is 0 Å². The van der Waals surface area contributed by atoms with E-state index in [9.17, 15) is 14.4 Å². The summed E-state index contributed by atoms with van der Waals surface area (Å²) < 4.78 is 9.52. The summed E-state index contributed by atoms with van der Waals surface area (Å²) in [5.41, 5.74) is -0.725. The van der Waals surface area contributed by atoms with Gasteiger partial charge in [0.1, 0.15) is 6.66 Å². The van der Waals surface area contributed by atoms with Crippen LogP contribution in [0.4, 0.5) is 4.79 Å². The van der Waals surface area contributed by atoms with Gasteiger partial charge in [0.15, 0.2) is 0 Å². The molecule has 0 bridgehead atoms. The van der Waals surface area contributed by atoms with Crippen molar-refractivity contribution in [2.45, 2.75) is 33.5 Å². The minimum atomic E-state index is -3.52. The van der Waals surface area contributed by atoms with Gasteiger partial charge in [0.2, 0.25) is 6.29 Å². The number of amides is 1. The monoisotopic (exact) mass is 310 g/mol. The zero-order valence-corrected chi connectivity index (χ0v) is 12.8. The third-order valence-corrected chi connectivity index (χ3v) is 3.28. The maximum Gasteiger partial charge on any atom is 0.410 e. The average Bonchev–Trinajstić information content (AvgIpc) is 2.26. The van der Waals surface area contributed by atoms with E-state index in [-0.39, 0.29) is 18.9 Å². The third-order valence-electron chi connectivity index (χ3n) is 2.11. The van der Waals surface area contributed by atoms with E-state index in [1.54, 1.807) is 13.8 Å². The summed E-state index contributed by atoms with van der Waals surface area (Å²) in [5.74, 6) is -0.834. The van der Waals surface area contributed by atoms with Gasteiger partial charge in [0.05, 0.1) is 12.3 Å². The summed E-state index contributed by atoms with van der Waals surface area (Å²) in [6, 6.07) is 0. The highest BCUT2D eigenvalue weighted by Gasteiger charge is 2.36. The quantitative estimate of drug-likeness (QED) is 0.358. The lowest BCUT2D eigenvalue weighted by molar-refractivity contribution is -0.168. The van der Waals surface area contributed by atoms with E-state index in [1.807, 2.05) is 0 Å². The Morgan fingerprint density at radius 3 is 2.15 bits per heavy atom. The van der Waals surface area contributed by atoms with Crippen molar-refractivity contribution in [3.8, 4) is 0 Å². The van der Waals surface area contributed by atoms with E-state index in [0.29, 0.717) is 0 Å². The van der Waals surface area contributed by atoms with Gasteiger partial charge in [-0.1, -0.05) is 13.8 Å². The first-order chi connectivity index (χ1) is 9.04. The number of nitrogens with one attached hydrogen (secondary N) is 1. The molecule has 0 fully saturated rings. The second kappa shape index (κ2) is 8.14. The van der Waals surface area contributed by atoms with Crippen molar-refractivity contribution < 1.29 is 33.6 Å². The number of esters is 1. The topological polar surface area (TPSA) is 122 Å². The summed E-state index contributed by atoms with van der Waals surface area (Å²) in [4.78, 5) is 51.8. The number of hydrogen-bond acceptors (Lipinski definition) is 7. The summed E-state index contributed by atoms with van der Waals surface area (Å²) in [6.45, 7) is 5.62. The van der Waals surface area contributed by atoms with Crippen LogP contribution in [0.2, 0.25) is 0 Å². The van der Waals surface area contributed by atoms with Crippen molar-refractivity contribution in [2.75, 3.05) is 13.2 Å². The van der Waals surface area contributed by atoms with Crippen LogP contribution in [-0.4, -0.2) is 46.9 Å². The minimum absolute atomic E-state index is 0.0980. The summed E-state index contributed by atoms with van der Waals surface area (Å²) in [6.07, 6.45) is -2.13. The van der Waals surface area contributed by atoms with E-state index >= 15 is 0 Å². The molecule has 0 saturated heterocycles. The Labute approximate surface area is 117 Å². The fourth-order valence-electron chi connectivity index (χ4n) is 0.999. The Balaban J connectivity index is 3.95. The molecule has 0 radical (unpaired) electrons. The molecule has 1 atom stereocenters. The first kappa shape index (κ1) is 18.8. The maximum atomic E-state index is 11.3. The Bertz CT molecular complexity index is 364. The zero-order chi connectivity index (χ0) is 15.9. The largest absolute Gasteiger partial charge is 0.425 e. The molecule has 0 aliphatic carbocycles. The van der Waals surface area contributed by atoms with Crippen LogP contribution in [0.5, 0.6) is 0 Å². The molecule has 9 heteroatoms. The normalized spacial score (nSPS) is 12.8. The van der Waals surface area contributed by atoms with Crippen LogP contribution in [0.15, 0.2) is 0 Å². The Kier molecular flexibility index (Phi) is 7.63. The Morgan fingerprint density at radius 1 is 1.15 bits per heavy atom. The molecular formula is C11H21NO7P+.